The first kappa shape index (κ1) is 22.7. The van der Waals surface area contributed by atoms with Gasteiger partial charge in [-0.3, -0.25) is 4.79 Å². The summed E-state index contributed by atoms with van der Waals surface area (Å²) >= 11 is 0. The number of carbonyl (C=O) groups excluding carboxylic acids is 2. The maximum absolute atomic E-state index is 12.4. The largest absolute Gasteiger partial charge is 0.337 e. The standard InChI is InChI=1S/C22H28N4O2.ClH/c1-2-23-15-17-6-5-9-20(14-17)25-21(27)10-12-24-22(28)26-13-11-18-7-3-4-8-19(18)16-26;/h3-9,14,23H,2,10-13,15-16H2,1H3,(H,24,28)(H,25,27);1H. The number of halogens is 1. The van der Waals surface area contributed by atoms with Crippen LogP contribution in [0.2, 0.25) is 0 Å². The Morgan fingerprint density at radius 1 is 1.07 bits per heavy atom. The predicted octanol–water partition coefficient (Wildman–Crippen LogP) is 3.31. The molecule has 1 aliphatic rings. The summed E-state index contributed by atoms with van der Waals surface area (Å²) in [4.78, 5) is 26.3. The molecule has 0 unspecified atom stereocenters. The summed E-state index contributed by atoms with van der Waals surface area (Å²) in [6.45, 7) is 5.37. The summed E-state index contributed by atoms with van der Waals surface area (Å²) in [5.74, 6) is -0.107. The second kappa shape index (κ2) is 11.4. The van der Waals surface area contributed by atoms with Crippen molar-refractivity contribution in [1.82, 2.24) is 15.5 Å². The minimum atomic E-state index is -0.116. The van der Waals surface area contributed by atoms with Crippen molar-refractivity contribution in [3.63, 3.8) is 0 Å². The van der Waals surface area contributed by atoms with E-state index in [4.69, 9.17) is 0 Å². The molecule has 6 nitrogen and oxygen atoms in total. The van der Waals surface area contributed by atoms with Crippen molar-refractivity contribution in [2.45, 2.75) is 32.9 Å². The fourth-order valence-electron chi connectivity index (χ4n) is 3.32. The summed E-state index contributed by atoms with van der Waals surface area (Å²) in [7, 11) is 0. The third-order valence-corrected chi connectivity index (χ3v) is 4.84. The Hall–Kier alpha value is -2.57. The smallest absolute Gasteiger partial charge is 0.317 e. The van der Waals surface area contributed by atoms with E-state index in [2.05, 4.69) is 35.0 Å². The Kier molecular flexibility index (Phi) is 8.96. The molecule has 3 amide bonds. The first-order valence-corrected chi connectivity index (χ1v) is 9.85. The Morgan fingerprint density at radius 3 is 2.66 bits per heavy atom. The van der Waals surface area contributed by atoms with E-state index in [1.807, 2.05) is 36.4 Å². The van der Waals surface area contributed by atoms with Crippen molar-refractivity contribution >= 4 is 30.0 Å². The number of carbonyl (C=O) groups is 2. The highest BCUT2D eigenvalue weighted by atomic mass is 35.5. The highest BCUT2D eigenvalue weighted by molar-refractivity contribution is 5.91. The Labute approximate surface area is 178 Å². The number of nitrogens with zero attached hydrogens (tertiary/aromatic N) is 1. The molecule has 156 valence electrons. The molecule has 0 aliphatic carbocycles. The Balaban J connectivity index is 0.00000300. The van der Waals surface area contributed by atoms with Crippen LogP contribution in [0.4, 0.5) is 10.5 Å². The van der Waals surface area contributed by atoms with E-state index in [-0.39, 0.29) is 30.8 Å². The number of nitrogens with one attached hydrogen (secondary N) is 3. The molecule has 1 heterocycles. The number of anilines is 1. The summed E-state index contributed by atoms with van der Waals surface area (Å²) in [5, 5.41) is 9.01. The van der Waals surface area contributed by atoms with E-state index >= 15 is 0 Å². The molecule has 3 rings (SSSR count). The van der Waals surface area contributed by atoms with Crippen LogP contribution in [0, 0.1) is 0 Å². The predicted molar refractivity (Wildman–Crippen MR) is 118 cm³/mol. The lowest BCUT2D eigenvalue weighted by atomic mass is 10.0. The molecule has 0 saturated carbocycles. The topological polar surface area (TPSA) is 73.5 Å². The zero-order chi connectivity index (χ0) is 19.8. The van der Waals surface area contributed by atoms with E-state index in [1.54, 1.807) is 4.90 Å². The molecule has 2 aromatic carbocycles. The number of fused-ring (bicyclic) bond motifs is 1. The molecular weight excluding hydrogens is 388 g/mol. The normalized spacial score (nSPS) is 12.5. The van der Waals surface area contributed by atoms with Gasteiger partial charge in [-0.2, -0.15) is 0 Å². The molecule has 7 heteroatoms. The van der Waals surface area contributed by atoms with Crippen LogP contribution >= 0.6 is 12.4 Å². The highest BCUT2D eigenvalue weighted by Gasteiger charge is 2.20. The molecular formula is C22H29ClN4O2. The molecule has 0 aromatic heterocycles. The quantitative estimate of drug-likeness (QED) is 0.648. The van der Waals surface area contributed by atoms with Crippen molar-refractivity contribution in [3.8, 4) is 0 Å². The summed E-state index contributed by atoms with van der Waals surface area (Å²) < 4.78 is 0. The molecule has 0 spiro atoms. The minimum Gasteiger partial charge on any atom is -0.337 e. The van der Waals surface area contributed by atoms with Gasteiger partial charge in [0.05, 0.1) is 0 Å². The van der Waals surface area contributed by atoms with Crippen LogP contribution in [0.3, 0.4) is 0 Å². The van der Waals surface area contributed by atoms with Crippen LogP contribution < -0.4 is 16.0 Å². The number of hydrogen-bond donors (Lipinski definition) is 3. The lowest BCUT2D eigenvalue weighted by molar-refractivity contribution is -0.116. The van der Waals surface area contributed by atoms with E-state index in [0.29, 0.717) is 19.6 Å². The fourth-order valence-corrected chi connectivity index (χ4v) is 3.32. The van der Waals surface area contributed by atoms with E-state index < -0.39 is 0 Å². The molecule has 0 radical (unpaired) electrons. The van der Waals surface area contributed by atoms with E-state index in [9.17, 15) is 9.59 Å². The van der Waals surface area contributed by atoms with Crippen LogP contribution in [0.5, 0.6) is 0 Å². The molecule has 3 N–H and O–H groups in total. The number of urea groups is 1. The van der Waals surface area contributed by atoms with Gasteiger partial charge in [0.1, 0.15) is 0 Å². The maximum Gasteiger partial charge on any atom is 0.317 e. The van der Waals surface area contributed by atoms with Crippen molar-refractivity contribution in [2.75, 3.05) is 25.0 Å². The number of hydrogen-bond acceptors (Lipinski definition) is 3. The Bertz CT molecular complexity index is 828. The van der Waals surface area contributed by atoms with Crippen LogP contribution in [0.15, 0.2) is 48.5 Å². The van der Waals surface area contributed by atoms with Gasteiger partial charge >= 0.3 is 6.03 Å². The Morgan fingerprint density at radius 2 is 1.86 bits per heavy atom. The molecule has 0 atom stereocenters. The zero-order valence-corrected chi connectivity index (χ0v) is 17.6. The number of rotatable bonds is 7. The van der Waals surface area contributed by atoms with Crippen LogP contribution in [-0.4, -0.2) is 36.5 Å². The van der Waals surface area contributed by atoms with Gasteiger partial charge in [0, 0.05) is 38.3 Å². The molecule has 29 heavy (non-hydrogen) atoms. The van der Waals surface area contributed by atoms with E-state index in [1.165, 1.54) is 11.1 Å². The van der Waals surface area contributed by atoms with Crippen molar-refractivity contribution in [3.05, 3.63) is 65.2 Å². The SMILES string of the molecule is CCNCc1cccc(NC(=O)CCNC(=O)N2CCc3ccccc3C2)c1.Cl. The van der Waals surface area contributed by atoms with Crippen LogP contribution in [0.25, 0.3) is 0 Å². The van der Waals surface area contributed by atoms with Crippen LogP contribution in [0.1, 0.15) is 30.0 Å². The summed E-state index contributed by atoms with van der Waals surface area (Å²) in [5.41, 5.74) is 4.40. The van der Waals surface area contributed by atoms with Gasteiger partial charge in [-0.15, -0.1) is 12.4 Å². The average molecular weight is 417 g/mol. The lowest BCUT2D eigenvalue weighted by Gasteiger charge is -2.28. The van der Waals surface area contributed by atoms with Crippen molar-refractivity contribution in [1.29, 1.82) is 0 Å². The third kappa shape index (κ3) is 6.76. The van der Waals surface area contributed by atoms with Gasteiger partial charge in [0.25, 0.3) is 0 Å². The molecule has 2 aromatic rings. The molecule has 1 aliphatic heterocycles. The summed E-state index contributed by atoms with van der Waals surface area (Å²) in [6, 6.07) is 15.9. The van der Waals surface area contributed by atoms with Gasteiger partial charge < -0.3 is 20.9 Å². The van der Waals surface area contributed by atoms with Crippen molar-refractivity contribution in [2.24, 2.45) is 0 Å². The second-order valence-corrected chi connectivity index (χ2v) is 6.95. The molecule has 0 bridgehead atoms. The average Bonchev–Trinajstić information content (AvgIpc) is 2.72. The zero-order valence-electron chi connectivity index (χ0n) is 16.7. The van der Waals surface area contributed by atoms with Crippen molar-refractivity contribution < 1.29 is 9.59 Å². The highest BCUT2D eigenvalue weighted by Crippen LogP contribution is 2.18. The third-order valence-electron chi connectivity index (χ3n) is 4.84. The van der Waals surface area contributed by atoms with E-state index in [0.717, 1.165) is 30.8 Å². The fraction of sp³-hybridized carbons (Fsp3) is 0.364. The van der Waals surface area contributed by atoms with Gasteiger partial charge in [-0.25, -0.2) is 4.79 Å². The summed E-state index contributed by atoms with van der Waals surface area (Å²) in [6.07, 6.45) is 1.11. The lowest BCUT2D eigenvalue weighted by Crippen LogP contribution is -2.43. The second-order valence-electron chi connectivity index (χ2n) is 6.95. The van der Waals surface area contributed by atoms with Gasteiger partial charge in [0.15, 0.2) is 0 Å². The monoisotopic (exact) mass is 416 g/mol. The number of amides is 3. The minimum absolute atomic E-state index is 0. The number of benzene rings is 2. The van der Waals surface area contributed by atoms with Gasteiger partial charge in [-0.05, 0) is 41.8 Å². The first-order valence-electron chi connectivity index (χ1n) is 9.85. The maximum atomic E-state index is 12.4. The van der Waals surface area contributed by atoms with Gasteiger partial charge in [0.2, 0.25) is 5.91 Å². The molecule has 0 fully saturated rings. The van der Waals surface area contributed by atoms with Crippen LogP contribution in [-0.2, 0) is 24.3 Å². The molecule has 0 saturated heterocycles. The van der Waals surface area contributed by atoms with Gasteiger partial charge in [-0.1, -0.05) is 43.3 Å². The first-order chi connectivity index (χ1) is 13.7.